The van der Waals surface area contributed by atoms with Gasteiger partial charge in [-0.05, 0) is 110 Å². The Morgan fingerprint density at radius 1 is 0.973 bits per heavy atom. The lowest BCUT2D eigenvalue weighted by molar-refractivity contribution is -0.174. The molecule has 4 fully saturated rings. The van der Waals surface area contributed by atoms with Gasteiger partial charge in [-0.3, -0.25) is 9.59 Å². The molecule has 0 saturated heterocycles. The quantitative estimate of drug-likeness (QED) is 0.388. The Hall–Kier alpha value is -1.14. The largest absolute Gasteiger partial charge is 0.469 e. The summed E-state index contributed by atoms with van der Waals surface area (Å²) in [6.45, 7) is 11.3. The van der Waals surface area contributed by atoms with E-state index in [9.17, 15) is 19.8 Å². The number of aliphatic hydroxyl groups is 2. The number of hydrogen-bond acceptors (Lipinski definition) is 5. The molecule has 37 heavy (non-hydrogen) atoms. The fourth-order valence-corrected chi connectivity index (χ4v) is 9.73. The molecular weight excluding hydrogens is 466 g/mol. The SMILES string of the molecule is COC(=O)CC(NC(=O)CCC(C)C1CCC2C3C(O)C[C@@H]4C[C@H](O)CC[C@]4(C)C3CC[C@]12C)C(C)C. The van der Waals surface area contributed by atoms with Crippen molar-refractivity contribution in [1.29, 1.82) is 0 Å². The van der Waals surface area contributed by atoms with Gasteiger partial charge in [-0.15, -0.1) is 0 Å². The summed E-state index contributed by atoms with van der Waals surface area (Å²) in [7, 11) is 1.39. The van der Waals surface area contributed by atoms with Crippen molar-refractivity contribution in [1.82, 2.24) is 5.32 Å². The zero-order chi connectivity index (χ0) is 27.1. The Bertz CT molecular complexity index is 830. The number of esters is 1. The third-order valence-electron chi connectivity index (χ3n) is 12.0. The number of rotatable bonds is 8. The third kappa shape index (κ3) is 5.48. The molecule has 3 N–H and O–H groups in total. The number of methoxy groups -OCH3 is 1. The number of ether oxygens (including phenoxy) is 1. The molecule has 1 amide bonds. The van der Waals surface area contributed by atoms with Gasteiger partial charge in [0.05, 0.1) is 25.7 Å². The van der Waals surface area contributed by atoms with E-state index in [0.29, 0.717) is 41.9 Å². The predicted octanol–water partition coefficient (Wildman–Crippen LogP) is 5.10. The first kappa shape index (κ1) is 28.9. The van der Waals surface area contributed by atoms with E-state index in [0.717, 1.165) is 32.1 Å². The van der Waals surface area contributed by atoms with Gasteiger partial charge in [0, 0.05) is 12.5 Å². The fraction of sp³-hybridized carbons (Fsp3) is 0.935. The molecule has 4 aliphatic carbocycles. The molecule has 0 aromatic rings. The lowest BCUT2D eigenvalue weighted by Gasteiger charge is -2.62. The van der Waals surface area contributed by atoms with Crippen LogP contribution in [0.5, 0.6) is 0 Å². The monoisotopic (exact) mass is 519 g/mol. The van der Waals surface area contributed by atoms with Crippen molar-refractivity contribution >= 4 is 11.9 Å². The van der Waals surface area contributed by atoms with E-state index in [-0.39, 0.29) is 53.3 Å². The Balaban J connectivity index is 1.38. The van der Waals surface area contributed by atoms with Crippen LogP contribution in [0.2, 0.25) is 0 Å². The molecule has 0 aliphatic heterocycles. The Morgan fingerprint density at radius 2 is 1.65 bits per heavy atom. The lowest BCUT2D eigenvalue weighted by Crippen LogP contribution is -2.58. The van der Waals surface area contributed by atoms with E-state index in [4.69, 9.17) is 4.74 Å². The van der Waals surface area contributed by atoms with E-state index in [1.165, 1.54) is 32.8 Å². The molecule has 212 valence electrons. The number of aliphatic hydroxyl groups excluding tert-OH is 2. The molecule has 6 heteroatoms. The number of amides is 1. The number of hydrogen-bond donors (Lipinski definition) is 3. The average molecular weight is 520 g/mol. The summed E-state index contributed by atoms with van der Waals surface area (Å²) in [6.07, 6.45) is 9.60. The van der Waals surface area contributed by atoms with Gasteiger partial charge < -0.3 is 20.3 Å². The standard InChI is InChI=1S/C31H53NO5/c1-18(2)25(17-28(36)37-6)32-27(35)10-7-19(3)22-8-9-23-29-24(12-14-31(22,23)5)30(4)13-11-21(33)15-20(30)16-26(29)34/h18-26,29,33-34H,7-17H2,1-6H3,(H,32,35)/t19?,20-,21+,22?,23?,24?,25?,26?,29?,30-,31+/m0/s1. The van der Waals surface area contributed by atoms with Gasteiger partial charge in [-0.25, -0.2) is 0 Å². The first-order chi connectivity index (χ1) is 17.4. The van der Waals surface area contributed by atoms with Crippen LogP contribution in [-0.4, -0.2) is 47.4 Å². The predicted molar refractivity (Wildman–Crippen MR) is 144 cm³/mol. The number of carbonyl (C=O) groups is 2. The molecular formula is C31H53NO5. The molecule has 4 aliphatic rings. The van der Waals surface area contributed by atoms with Gasteiger partial charge in [-0.1, -0.05) is 34.6 Å². The van der Waals surface area contributed by atoms with Crippen LogP contribution in [0, 0.1) is 52.3 Å². The second kappa shape index (κ2) is 11.2. The van der Waals surface area contributed by atoms with E-state index in [1.807, 2.05) is 13.8 Å². The summed E-state index contributed by atoms with van der Waals surface area (Å²) < 4.78 is 4.81. The van der Waals surface area contributed by atoms with Crippen molar-refractivity contribution in [3.63, 3.8) is 0 Å². The maximum atomic E-state index is 12.8. The summed E-state index contributed by atoms with van der Waals surface area (Å²) in [5.41, 5.74) is 0.476. The number of fused-ring (bicyclic) bond motifs is 5. The van der Waals surface area contributed by atoms with Gasteiger partial charge in [0.1, 0.15) is 0 Å². The van der Waals surface area contributed by atoms with Crippen LogP contribution < -0.4 is 5.32 Å². The highest BCUT2D eigenvalue weighted by Crippen LogP contribution is 2.68. The van der Waals surface area contributed by atoms with Crippen LogP contribution in [-0.2, 0) is 14.3 Å². The van der Waals surface area contributed by atoms with Crippen LogP contribution in [0.25, 0.3) is 0 Å². The zero-order valence-corrected chi connectivity index (χ0v) is 24.2. The van der Waals surface area contributed by atoms with Crippen molar-refractivity contribution in [2.75, 3.05) is 7.11 Å². The Morgan fingerprint density at radius 3 is 2.32 bits per heavy atom. The first-order valence-corrected chi connectivity index (χ1v) is 15.1. The smallest absolute Gasteiger partial charge is 0.307 e. The molecule has 0 aromatic heterocycles. The van der Waals surface area contributed by atoms with Gasteiger partial charge in [0.15, 0.2) is 0 Å². The lowest BCUT2D eigenvalue weighted by atomic mass is 9.43. The molecule has 7 unspecified atom stereocenters. The molecule has 0 aromatic carbocycles. The second-order valence-corrected chi connectivity index (χ2v) is 14.2. The highest BCUT2D eigenvalue weighted by atomic mass is 16.5. The molecule has 4 saturated carbocycles. The van der Waals surface area contributed by atoms with Crippen LogP contribution in [0.3, 0.4) is 0 Å². The van der Waals surface area contributed by atoms with E-state index >= 15 is 0 Å². The normalized spacial score (nSPS) is 42.8. The van der Waals surface area contributed by atoms with Crippen molar-refractivity contribution in [3.8, 4) is 0 Å². The minimum Gasteiger partial charge on any atom is -0.469 e. The summed E-state index contributed by atoms with van der Waals surface area (Å²) in [4.78, 5) is 24.6. The summed E-state index contributed by atoms with van der Waals surface area (Å²) in [6, 6.07) is -0.196. The Kier molecular flexibility index (Phi) is 8.70. The number of carbonyl (C=O) groups excluding carboxylic acids is 2. The van der Waals surface area contributed by atoms with E-state index in [1.54, 1.807) is 0 Å². The van der Waals surface area contributed by atoms with E-state index in [2.05, 4.69) is 26.1 Å². The van der Waals surface area contributed by atoms with Crippen LogP contribution in [0.4, 0.5) is 0 Å². The minimum atomic E-state index is -0.289. The van der Waals surface area contributed by atoms with Crippen molar-refractivity contribution in [2.45, 2.75) is 123 Å². The molecule has 6 nitrogen and oxygen atoms in total. The maximum Gasteiger partial charge on any atom is 0.307 e. The molecule has 0 radical (unpaired) electrons. The fourth-order valence-electron chi connectivity index (χ4n) is 9.73. The molecule has 0 spiro atoms. The van der Waals surface area contributed by atoms with Crippen molar-refractivity contribution in [3.05, 3.63) is 0 Å². The van der Waals surface area contributed by atoms with Gasteiger partial charge >= 0.3 is 5.97 Å². The van der Waals surface area contributed by atoms with Gasteiger partial charge in [-0.2, -0.15) is 0 Å². The Labute approximate surface area is 224 Å². The van der Waals surface area contributed by atoms with Gasteiger partial charge in [0.25, 0.3) is 0 Å². The summed E-state index contributed by atoms with van der Waals surface area (Å²) in [5.74, 6) is 2.87. The summed E-state index contributed by atoms with van der Waals surface area (Å²) in [5, 5.41) is 24.8. The third-order valence-corrected chi connectivity index (χ3v) is 12.0. The molecule has 4 rings (SSSR count). The maximum absolute atomic E-state index is 12.8. The van der Waals surface area contributed by atoms with Crippen LogP contribution in [0.1, 0.15) is 105 Å². The highest BCUT2D eigenvalue weighted by molar-refractivity contribution is 5.77. The molecule has 11 atom stereocenters. The van der Waals surface area contributed by atoms with Crippen molar-refractivity contribution in [2.24, 2.45) is 52.3 Å². The van der Waals surface area contributed by atoms with Crippen LogP contribution in [0.15, 0.2) is 0 Å². The van der Waals surface area contributed by atoms with E-state index < -0.39 is 0 Å². The molecule has 0 bridgehead atoms. The summed E-state index contributed by atoms with van der Waals surface area (Å²) >= 11 is 0. The highest BCUT2D eigenvalue weighted by Gasteiger charge is 2.62. The first-order valence-electron chi connectivity index (χ1n) is 15.1. The second-order valence-electron chi connectivity index (χ2n) is 14.2. The average Bonchev–Trinajstić information content (AvgIpc) is 3.20. The zero-order valence-electron chi connectivity index (χ0n) is 24.2. The van der Waals surface area contributed by atoms with Crippen LogP contribution >= 0.6 is 0 Å². The number of nitrogens with one attached hydrogen (secondary N) is 1. The topological polar surface area (TPSA) is 95.9 Å². The molecule has 0 heterocycles. The van der Waals surface area contributed by atoms with Gasteiger partial charge in [0.2, 0.25) is 5.91 Å². The van der Waals surface area contributed by atoms with Crippen molar-refractivity contribution < 1.29 is 24.5 Å². The minimum absolute atomic E-state index is 0.0269.